The van der Waals surface area contributed by atoms with Gasteiger partial charge in [-0.1, -0.05) is 6.42 Å². The third kappa shape index (κ3) is 1.66. The zero-order valence-electron chi connectivity index (χ0n) is 6.14. The maximum Gasteiger partial charge on any atom is 0.0215 e. The van der Waals surface area contributed by atoms with Crippen molar-refractivity contribution < 1.29 is 0 Å². The molecule has 0 aromatic heterocycles. The fraction of sp³-hybridized carbons (Fsp3) is 1.00. The quantitative estimate of drug-likeness (QED) is 0.555. The van der Waals surface area contributed by atoms with Crippen LogP contribution in [-0.4, -0.2) is 31.1 Å². The van der Waals surface area contributed by atoms with Gasteiger partial charge in [0.25, 0.3) is 0 Å². The lowest BCUT2D eigenvalue weighted by atomic mass is 10.0. The summed E-state index contributed by atoms with van der Waals surface area (Å²) in [7, 11) is 2.16. The molecule has 2 heteroatoms. The topological polar surface area (TPSA) is 29.3 Å². The van der Waals surface area contributed by atoms with Gasteiger partial charge in [0.05, 0.1) is 0 Å². The number of likely N-dealkylation sites (tertiary alicyclic amines) is 1. The molecule has 1 aliphatic rings. The first-order valence-corrected chi connectivity index (χ1v) is 3.75. The van der Waals surface area contributed by atoms with Crippen LogP contribution in [-0.2, 0) is 0 Å². The molecule has 0 saturated carbocycles. The van der Waals surface area contributed by atoms with Crippen molar-refractivity contribution in [1.29, 1.82) is 0 Å². The maximum absolute atomic E-state index is 5.55. The van der Waals surface area contributed by atoms with E-state index < -0.39 is 0 Å². The zero-order valence-corrected chi connectivity index (χ0v) is 6.14. The van der Waals surface area contributed by atoms with E-state index in [2.05, 4.69) is 11.9 Å². The Hall–Kier alpha value is -0.0800. The molecule has 9 heavy (non-hydrogen) atoms. The first-order chi connectivity index (χ1) is 4.34. The van der Waals surface area contributed by atoms with E-state index >= 15 is 0 Å². The van der Waals surface area contributed by atoms with Crippen molar-refractivity contribution in [2.75, 3.05) is 20.1 Å². The van der Waals surface area contributed by atoms with E-state index in [1.54, 1.807) is 0 Å². The molecule has 54 valence electrons. The number of piperidine rings is 1. The summed E-state index contributed by atoms with van der Waals surface area (Å²) in [6, 6.07) is 0.666. The zero-order chi connectivity index (χ0) is 6.69. The molecule has 0 aliphatic carbocycles. The van der Waals surface area contributed by atoms with Crippen LogP contribution in [0.25, 0.3) is 0 Å². The largest absolute Gasteiger partial charge is 0.329 e. The van der Waals surface area contributed by atoms with Crippen molar-refractivity contribution >= 4 is 0 Å². The van der Waals surface area contributed by atoms with E-state index in [4.69, 9.17) is 5.73 Å². The average molecular weight is 128 g/mol. The predicted octanol–water partition coefficient (Wildman–Crippen LogP) is 0.429. The number of nitrogens with two attached hydrogens (primary N) is 1. The molecule has 1 heterocycles. The minimum absolute atomic E-state index is 0.666. The maximum atomic E-state index is 5.55. The molecule has 1 saturated heterocycles. The molecule has 1 aliphatic heterocycles. The first-order valence-electron chi connectivity index (χ1n) is 3.75. The number of rotatable bonds is 1. The van der Waals surface area contributed by atoms with Gasteiger partial charge < -0.3 is 10.6 Å². The van der Waals surface area contributed by atoms with Gasteiger partial charge in [0.1, 0.15) is 0 Å². The summed E-state index contributed by atoms with van der Waals surface area (Å²) in [5.74, 6) is 0. The molecule has 1 atom stereocenters. The van der Waals surface area contributed by atoms with E-state index in [1.807, 2.05) is 0 Å². The van der Waals surface area contributed by atoms with E-state index in [0.717, 1.165) is 6.54 Å². The van der Waals surface area contributed by atoms with E-state index in [0.29, 0.717) is 6.04 Å². The Balaban J connectivity index is 2.30. The summed E-state index contributed by atoms with van der Waals surface area (Å²) in [6.45, 7) is 2.07. The predicted molar refractivity (Wildman–Crippen MR) is 39.3 cm³/mol. The fourth-order valence-corrected chi connectivity index (χ4v) is 1.44. The minimum atomic E-state index is 0.666. The Morgan fingerprint density at radius 2 is 2.33 bits per heavy atom. The Labute approximate surface area is 57.0 Å². The molecule has 2 nitrogen and oxygen atoms in total. The molecule has 1 rings (SSSR count). The molecular weight excluding hydrogens is 112 g/mol. The second-order valence-electron chi connectivity index (χ2n) is 2.87. The summed E-state index contributed by atoms with van der Waals surface area (Å²) < 4.78 is 0. The van der Waals surface area contributed by atoms with Crippen molar-refractivity contribution in [3.05, 3.63) is 0 Å². The smallest absolute Gasteiger partial charge is 0.0215 e. The van der Waals surface area contributed by atoms with Gasteiger partial charge >= 0.3 is 0 Å². The molecule has 0 unspecified atom stereocenters. The number of hydrogen-bond acceptors (Lipinski definition) is 2. The van der Waals surface area contributed by atoms with Crippen LogP contribution >= 0.6 is 0 Å². The molecule has 2 N–H and O–H groups in total. The van der Waals surface area contributed by atoms with Gasteiger partial charge in [0.15, 0.2) is 0 Å². The van der Waals surface area contributed by atoms with Crippen LogP contribution in [0.15, 0.2) is 0 Å². The van der Waals surface area contributed by atoms with Crippen molar-refractivity contribution in [2.24, 2.45) is 5.73 Å². The average Bonchev–Trinajstić information content (AvgIpc) is 1.89. The molecule has 0 spiro atoms. The van der Waals surface area contributed by atoms with Gasteiger partial charge in [-0.05, 0) is 26.4 Å². The molecule has 0 aromatic rings. The van der Waals surface area contributed by atoms with Gasteiger partial charge in [-0.2, -0.15) is 0 Å². The van der Waals surface area contributed by atoms with Crippen LogP contribution in [0.5, 0.6) is 0 Å². The highest BCUT2D eigenvalue weighted by Crippen LogP contribution is 2.12. The summed E-state index contributed by atoms with van der Waals surface area (Å²) in [6.07, 6.45) is 4.02. The molecule has 0 bridgehead atoms. The standard InChI is InChI=1S/C7H16N2/c1-9-5-3-2-4-7(9)6-8/h7H,2-6,8H2,1H3/t7-/m1/s1. The highest BCUT2D eigenvalue weighted by molar-refractivity contribution is 4.73. The monoisotopic (exact) mass is 128 g/mol. The normalized spacial score (nSPS) is 30.7. The highest BCUT2D eigenvalue weighted by Gasteiger charge is 2.15. The van der Waals surface area contributed by atoms with Crippen molar-refractivity contribution in [3.8, 4) is 0 Å². The van der Waals surface area contributed by atoms with Crippen molar-refractivity contribution in [1.82, 2.24) is 4.90 Å². The van der Waals surface area contributed by atoms with Crippen LogP contribution in [0, 0.1) is 0 Å². The highest BCUT2D eigenvalue weighted by atomic mass is 15.1. The Morgan fingerprint density at radius 1 is 1.56 bits per heavy atom. The number of hydrogen-bond donors (Lipinski definition) is 1. The SMILES string of the molecule is CN1CCCC[C@@H]1CN. The molecule has 0 amide bonds. The van der Waals surface area contributed by atoms with Gasteiger partial charge in [-0.25, -0.2) is 0 Å². The van der Waals surface area contributed by atoms with Crippen molar-refractivity contribution in [2.45, 2.75) is 25.3 Å². The summed E-state index contributed by atoms with van der Waals surface area (Å²) in [4.78, 5) is 2.36. The van der Waals surface area contributed by atoms with Gasteiger partial charge in [0.2, 0.25) is 0 Å². The van der Waals surface area contributed by atoms with Crippen molar-refractivity contribution in [3.63, 3.8) is 0 Å². The Kier molecular flexibility index (Phi) is 2.49. The van der Waals surface area contributed by atoms with E-state index in [1.165, 1.54) is 25.8 Å². The number of nitrogens with zero attached hydrogens (tertiary/aromatic N) is 1. The lowest BCUT2D eigenvalue weighted by Gasteiger charge is -2.31. The molecule has 0 aromatic carbocycles. The van der Waals surface area contributed by atoms with Gasteiger partial charge in [0, 0.05) is 12.6 Å². The van der Waals surface area contributed by atoms with Crippen LogP contribution in [0.2, 0.25) is 0 Å². The Morgan fingerprint density at radius 3 is 2.78 bits per heavy atom. The van der Waals surface area contributed by atoms with Crippen LogP contribution in [0.1, 0.15) is 19.3 Å². The van der Waals surface area contributed by atoms with Crippen LogP contribution < -0.4 is 5.73 Å². The second-order valence-corrected chi connectivity index (χ2v) is 2.87. The third-order valence-electron chi connectivity index (χ3n) is 2.19. The molecule has 0 radical (unpaired) electrons. The van der Waals surface area contributed by atoms with E-state index in [-0.39, 0.29) is 0 Å². The molecule has 1 fully saturated rings. The summed E-state index contributed by atoms with van der Waals surface area (Å²) in [5.41, 5.74) is 5.55. The number of likely N-dealkylation sites (N-methyl/N-ethyl adjacent to an activating group) is 1. The van der Waals surface area contributed by atoms with E-state index in [9.17, 15) is 0 Å². The molecular formula is C7H16N2. The van der Waals surface area contributed by atoms with Crippen LogP contribution in [0.4, 0.5) is 0 Å². The summed E-state index contributed by atoms with van der Waals surface area (Å²) in [5, 5.41) is 0. The second kappa shape index (κ2) is 3.18. The first kappa shape index (κ1) is 7.03. The minimum Gasteiger partial charge on any atom is -0.329 e. The third-order valence-corrected chi connectivity index (χ3v) is 2.19. The lowest BCUT2D eigenvalue weighted by Crippen LogP contribution is -2.41. The van der Waals surface area contributed by atoms with Crippen LogP contribution in [0.3, 0.4) is 0 Å². The Bertz CT molecular complexity index is 83.0. The summed E-state index contributed by atoms with van der Waals surface area (Å²) >= 11 is 0. The van der Waals surface area contributed by atoms with Gasteiger partial charge in [-0.15, -0.1) is 0 Å². The fourth-order valence-electron chi connectivity index (χ4n) is 1.44. The lowest BCUT2D eigenvalue weighted by molar-refractivity contribution is 0.191. The van der Waals surface area contributed by atoms with Gasteiger partial charge in [-0.3, -0.25) is 0 Å².